The second-order valence-corrected chi connectivity index (χ2v) is 7.31. The van der Waals surface area contributed by atoms with E-state index in [0.717, 1.165) is 30.3 Å². The summed E-state index contributed by atoms with van der Waals surface area (Å²) in [5, 5.41) is 4.73. The minimum atomic E-state index is -0.565. The lowest BCUT2D eigenvalue weighted by Crippen LogP contribution is -2.29. The first-order valence-electron chi connectivity index (χ1n) is 9.33. The number of aromatic nitrogens is 4. The molecule has 0 atom stereocenters. The Morgan fingerprint density at radius 2 is 1.93 bits per heavy atom. The van der Waals surface area contributed by atoms with Crippen LogP contribution in [0, 0.1) is 16.4 Å². The zero-order valence-electron chi connectivity index (χ0n) is 15.6. The van der Waals surface area contributed by atoms with E-state index in [-0.39, 0.29) is 0 Å². The molecule has 1 saturated carbocycles. The molecular weight excluding hydrogens is 380 g/mol. The molecule has 0 spiro atoms. The van der Waals surface area contributed by atoms with Gasteiger partial charge in [-0.3, -0.25) is 9.88 Å². The maximum atomic E-state index is 14.1. The van der Waals surface area contributed by atoms with Crippen LogP contribution in [0.15, 0.2) is 42.7 Å². The van der Waals surface area contributed by atoms with Crippen molar-refractivity contribution in [3.63, 3.8) is 0 Å². The highest BCUT2D eigenvalue weighted by Crippen LogP contribution is 2.30. The van der Waals surface area contributed by atoms with Crippen LogP contribution in [0.25, 0.3) is 11.4 Å². The Labute approximate surface area is 167 Å². The fourth-order valence-electron chi connectivity index (χ4n) is 3.31. The maximum Gasteiger partial charge on any atom is 0.199 e. The van der Waals surface area contributed by atoms with Crippen LogP contribution in [-0.4, -0.2) is 30.3 Å². The van der Waals surface area contributed by atoms with E-state index in [1.165, 1.54) is 12.1 Å². The summed E-state index contributed by atoms with van der Waals surface area (Å²) in [4.78, 5) is 6.20. The van der Waals surface area contributed by atoms with E-state index in [1.807, 2.05) is 23.6 Å². The third kappa shape index (κ3) is 3.88. The molecule has 0 saturated heterocycles. The van der Waals surface area contributed by atoms with Crippen molar-refractivity contribution in [1.29, 1.82) is 0 Å². The van der Waals surface area contributed by atoms with Gasteiger partial charge in [-0.05, 0) is 50.2 Å². The summed E-state index contributed by atoms with van der Waals surface area (Å²) in [6.07, 6.45) is 5.57. The van der Waals surface area contributed by atoms with E-state index in [2.05, 4.69) is 9.88 Å². The third-order valence-electron chi connectivity index (χ3n) is 4.94. The van der Waals surface area contributed by atoms with Crippen molar-refractivity contribution in [3.05, 3.63) is 64.7 Å². The smallest absolute Gasteiger partial charge is 0.199 e. The summed E-state index contributed by atoms with van der Waals surface area (Å²) in [7, 11) is 0. The average molecular weight is 401 g/mol. The van der Waals surface area contributed by atoms with Gasteiger partial charge < -0.3 is 4.57 Å². The van der Waals surface area contributed by atoms with E-state index in [0.29, 0.717) is 36.1 Å². The lowest BCUT2D eigenvalue weighted by molar-refractivity contribution is 0.184. The highest BCUT2D eigenvalue weighted by molar-refractivity contribution is 7.71. The third-order valence-corrected chi connectivity index (χ3v) is 5.38. The first-order chi connectivity index (χ1) is 13.6. The van der Waals surface area contributed by atoms with Crippen molar-refractivity contribution >= 4 is 12.2 Å². The van der Waals surface area contributed by atoms with Gasteiger partial charge in [0.1, 0.15) is 11.6 Å². The average Bonchev–Trinajstić information content (AvgIpc) is 3.49. The van der Waals surface area contributed by atoms with E-state index in [9.17, 15) is 8.78 Å². The molecule has 0 aliphatic heterocycles. The Kier molecular flexibility index (Phi) is 5.32. The second kappa shape index (κ2) is 7.89. The molecular formula is C20H21F2N5S. The van der Waals surface area contributed by atoms with Gasteiger partial charge in [-0.1, -0.05) is 6.07 Å². The van der Waals surface area contributed by atoms with Crippen LogP contribution >= 0.6 is 12.2 Å². The largest absolute Gasteiger partial charge is 0.300 e. The van der Waals surface area contributed by atoms with Crippen LogP contribution in [-0.2, 0) is 19.8 Å². The second-order valence-electron chi connectivity index (χ2n) is 6.94. The van der Waals surface area contributed by atoms with Crippen molar-refractivity contribution in [2.24, 2.45) is 0 Å². The molecule has 1 fully saturated rings. The van der Waals surface area contributed by atoms with Gasteiger partial charge in [0.2, 0.25) is 0 Å². The molecule has 2 aromatic heterocycles. The molecule has 0 N–H and O–H groups in total. The lowest BCUT2D eigenvalue weighted by Gasteiger charge is -2.22. The van der Waals surface area contributed by atoms with Crippen LogP contribution in [0.4, 0.5) is 8.78 Å². The number of halogens is 2. The summed E-state index contributed by atoms with van der Waals surface area (Å²) in [6.45, 7) is 3.58. The Morgan fingerprint density at radius 1 is 1.18 bits per heavy atom. The van der Waals surface area contributed by atoms with Crippen molar-refractivity contribution in [3.8, 4) is 11.4 Å². The summed E-state index contributed by atoms with van der Waals surface area (Å²) in [6, 6.07) is 7.90. The normalized spacial score (nSPS) is 14.0. The molecule has 2 heterocycles. The van der Waals surface area contributed by atoms with Crippen molar-refractivity contribution < 1.29 is 8.78 Å². The molecule has 28 heavy (non-hydrogen) atoms. The van der Waals surface area contributed by atoms with Crippen LogP contribution in [0.1, 0.15) is 25.3 Å². The van der Waals surface area contributed by atoms with Crippen LogP contribution in [0.5, 0.6) is 0 Å². The van der Waals surface area contributed by atoms with Gasteiger partial charge in [-0.25, -0.2) is 13.5 Å². The van der Waals surface area contributed by atoms with Gasteiger partial charge >= 0.3 is 0 Å². The molecule has 0 radical (unpaired) electrons. The molecule has 0 bridgehead atoms. The van der Waals surface area contributed by atoms with E-state index < -0.39 is 11.6 Å². The predicted octanol–water partition coefficient (Wildman–Crippen LogP) is 4.40. The van der Waals surface area contributed by atoms with Crippen molar-refractivity contribution in [2.75, 3.05) is 0 Å². The first kappa shape index (κ1) is 18.9. The van der Waals surface area contributed by atoms with Crippen LogP contribution in [0.3, 0.4) is 0 Å². The van der Waals surface area contributed by atoms with Crippen molar-refractivity contribution in [1.82, 2.24) is 24.2 Å². The summed E-state index contributed by atoms with van der Waals surface area (Å²) in [5.74, 6) is -0.297. The van der Waals surface area contributed by atoms with Gasteiger partial charge in [0, 0.05) is 48.7 Å². The Morgan fingerprint density at radius 3 is 2.57 bits per heavy atom. The first-order valence-corrected chi connectivity index (χ1v) is 9.73. The fourth-order valence-corrected chi connectivity index (χ4v) is 3.62. The molecule has 4 rings (SSSR count). The number of rotatable bonds is 7. The van der Waals surface area contributed by atoms with Gasteiger partial charge in [0.25, 0.3) is 0 Å². The standard InChI is InChI=1S/C20H21F2N5S/c1-2-26-19(14-7-9-23-10-8-14)24-27(20(26)28)13-25(17-5-6-17)12-15-3-4-16(21)11-18(15)22/h3-4,7-11,17H,2,5-6,12-13H2,1H3. The molecule has 1 aliphatic rings. The van der Waals surface area contributed by atoms with Gasteiger partial charge in [-0.15, -0.1) is 0 Å². The molecule has 0 amide bonds. The lowest BCUT2D eigenvalue weighted by atomic mass is 10.2. The molecule has 5 nitrogen and oxygen atoms in total. The highest BCUT2D eigenvalue weighted by atomic mass is 32.1. The fraction of sp³-hybridized carbons (Fsp3) is 0.350. The highest BCUT2D eigenvalue weighted by Gasteiger charge is 2.30. The van der Waals surface area contributed by atoms with Gasteiger partial charge in [0.15, 0.2) is 10.6 Å². The van der Waals surface area contributed by atoms with E-state index >= 15 is 0 Å². The summed E-state index contributed by atoms with van der Waals surface area (Å²) >= 11 is 5.64. The predicted molar refractivity (Wildman–Crippen MR) is 105 cm³/mol. The molecule has 146 valence electrons. The van der Waals surface area contributed by atoms with Crippen LogP contribution in [0.2, 0.25) is 0 Å². The van der Waals surface area contributed by atoms with E-state index in [4.69, 9.17) is 17.3 Å². The Balaban J connectivity index is 1.63. The molecule has 1 aliphatic carbocycles. The number of nitrogens with zero attached hydrogens (tertiary/aromatic N) is 5. The van der Waals surface area contributed by atoms with E-state index in [1.54, 1.807) is 17.1 Å². The quantitative estimate of drug-likeness (QED) is 0.550. The minimum absolute atomic E-state index is 0.363. The number of benzene rings is 1. The SMILES string of the molecule is CCn1c(-c2ccncc2)nn(CN(Cc2ccc(F)cc2F)C2CC2)c1=S. The van der Waals surface area contributed by atoms with Gasteiger partial charge in [-0.2, -0.15) is 5.10 Å². The van der Waals surface area contributed by atoms with Crippen LogP contribution < -0.4 is 0 Å². The summed E-state index contributed by atoms with van der Waals surface area (Å²) < 4.78 is 31.7. The van der Waals surface area contributed by atoms with Crippen molar-refractivity contribution in [2.45, 2.75) is 45.6 Å². The molecule has 0 unspecified atom stereocenters. The molecule has 8 heteroatoms. The summed E-state index contributed by atoms with van der Waals surface area (Å²) in [5.41, 5.74) is 1.42. The molecule has 1 aromatic carbocycles. The number of hydrogen-bond acceptors (Lipinski definition) is 4. The Bertz CT molecular complexity index is 1030. The number of pyridine rings is 1. The monoisotopic (exact) mass is 401 g/mol. The topological polar surface area (TPSA) is 38.9 Å². The minimum Gasteiger partial charge on any atom is -0.300 e. The molecule has 3 aromatic rings. The van der Waals surface area contributed by atoms with Gasteiger partial charge in [0.05, 0.1) is 6.67 Å². The zero-order valence-corrected chi connectivity index (χ0v) is 16.4. The number of hydrogen-bond donors (Lipinski definition) is 0. The maximum absolute atomic E-state index is 14.1. The zero-order chi connectivity index (χ0) is 19.7. The Hall–Kier alpha value is -2.45.